The van der Waals surface area contributed by atoms with E-state index in [4.69, 9.17) is 28.4 Å². The van der Waals surface area contributed by atoms with Crippen LogP contribution in [0.5, 0.6) is 0 Å². The van der Waals surface area contributed by atoms with Crippen molar-refractivity contribution in [3.05, 3.63) is 0 Å². The van der Waals surface area contributed by atoms with Crippen LogP contribution in [0.4, 0.5) is 0 Å². The lowest BCUT2D eigenvalue weighted by Crippen LogP contribution is -2.61. The van der Waals surface area contributed by atoms with E-state index in [9.17, 15) is 30.3 Å². The third-order valence-corrected chi connectivity index (χ3v) is 5.99. The molecule has 3 rings (SSSR count). The lowest BCUT2D eigenvalue weighted by Gasteiger charge is -2.42. The second kappa shape index (κ2) is 15.6. The molecular formula is C22H38N4O12. The number of hydrogen-bond acceptors (Lipinski definition) is 16. The van der Waals surface area contributed by atoms with Gasteiger partial charge in [-0.15, -0.1) is 0 Å². The SMILES string of the molecule is CC(=O)O[C@H]1[C@@H](O)[C@@H](CO)O[C@@H](O[C@@H](/C=N/N2CCOCC2)[C@@H](CO)O[C@H](O)/C=N\N2CCOCC2)[C@@H]1O. The highest BCUT2D eigenvalue weighted by molar-refractivity contribution is 5.66. The van der Waals surface area contributed by atoms with Crippen molar-refractivity contribution in [3.8, 4) is 0 Å². The fourth-order valence-corrected chi connectivity index (χ4v) is 3.96. The second-order valence-electron chi connectivity index (χ2n) is 8.79. The molecule has 0 aliphatic carbocycles. The van der Waals surface area contributed by atoms with Gasteiger partial charge in [-0.1, -0.05) is 0 Å². The van der Waals surface area contributed by atoms with Crippen molar-refractivity contribution < 1.29 is 58.7 Å². The van der Waals surface area contributed by atoms with Crippen LogP contribution in [-0.2, 0) is 33.2 Å². The minimum atomic E-state index is -1.66. The summed E-state index contributed by atoms with van der Waals surface area (Å²) in [6.07, 6.45) is -8.91. The molecule has 0 saturated carbocycles. The molecule has 8 atom stereocenters. The molecule has 218 valence electrons. The van der Waals surface area contributed by atoms with E-state index in [2.05, 4.69) is 10.2 Å². The Bertz CT molecular complexity index is 765. The summed E-state index contributed by atoms with van der Waals surface area (Å²) in [6.45, 7) is 3.83. The summed E-state index contributed by atoms with van der Waals surface area (Å²) in [5.74, 6) is -0.768. The Morgan fingerprint density at radius 1 is 1.00 bits per heavy atom. The van der Waals surface area contributed by atoms with E-state index >= 15 is 0 Å². The van der Waals surface area contributed by atoms with Crippen LogP contribution >= 0.6 is 0 Å². The number of hydrogen-bond donors (Lipinski definition) is 5. The summed E-state index contributed by atoms with van der Waals surface area (Å²) >= 11 is 0. The zero-order valence-corrected chi connectivity index (χ0v) is 21.2. The van der Waals surface area contributed by atoms with Gasteiger partial charge in [0.25, 0.3) is 0 Å². The lowest BCUT2D eigenvalue weighted by molar-refractivity contribution is -0.315. The number of carbonyl (C=O) groups is 1. The summed E-state index contributed by atoms with van der Waals surface area (Å²) in [5, 5.41) is 63.1. The molecule has 0 aromatic carbocycles. The first kappa shape index (κ1) is 30.6. The Hall–Kier alpha value is -1.99. The van der Waals surface area contributed by atoms with E-state index < -0.39 is 68.4 Å². The van der Waals surface area contributed by atoms with Gasteiger partial charge in [-0.2, -0.15) is 10.2 Å². The molecule has 3 fully saturated rings. The van der Waals surface area contributed by atoms with Crippen LogP contribution in [0, 0.1) is 0 Å². The molecule has 0 unspecified atom stereocenters. The number of aliphatic hydroxyl groups excluding tert-OH is 5. The molecule has 5 N–H and O–H groups in total. The number of ether oxygens (including phenoxy) is 6. The van der Waals surface area contributed by atoms with Gasteiger partial charge in [0, 0.05) is 6.92 Å². The maximum atomic E-state index is 11.5. The van der Waals surface area contributed by atoms with Crippen LogP contribution in [0.25, 0.3) is 0 Å². The van der Waals surface area contributed by atoms with Gasteiger partial charge < -0.3 is 54.0 Å². The number of esters is 1. The fraction of sp³-hybridized carbons (Fsp3) is 0.864. The van der Waals surface area contributed by atoms with E-state index in [1.165, 1.54) is 6.21 Å². The molecule has 0 aromatic heterocycles. The second-order valence-corrected chi connectivity index (χ2v) is 8.79. The highest BCUT2D eigenvalue weighted by atomic mass is 16.7. The largest absolute Gasteiger partial charge is 0.457 e. The number of aliphatic hydroxyl groups is 5. The van der Waals surface area contributed by atoms with Crippen LogP contribution in [0.2, 0.25) is 0 Å². The molecule has 0 amide bonds. The van der Waals surface area contributed by atoms with Gasteiger partial charge in [-0.25, -0.2) is 0 Å². The van der Waals surface area contributed by atoms with Gasteiger partial charge >= 0.3 is 5.97 Å². The van der Waals surface area contributed by atoms with Gasteiger partial charge in [0.1, 0.15) is 30.5 Å². The van der Waals surface area contributed by atoms with Gasteiger partial charge in [0.15, 0.2) is 18.7 Å². The van der Waals surface area contributed by atoms with Crippen molar-refractivity contribution in [2.45, 2.75) is 56.1 Å². The first-order chi connectivity index (χ1) is 18.3. The van der Waals surface area contributed by atoms with E-state index in [1.54, 1.807) is 10.0 Å². The molecule has 0 aromatic rings. The highest BCUT2D eigenvalue weighted by Gasteiger charge is 2.48. The standard InChI is InChI=1S/C22H38N4O12/c1-14(29)35-21-19(31)17(13-28)38-22(20(21)32)37-15(10-23-25-2-6-33-7-3-25)16(12-27)36-18(30)11-24-26-4-8-34-9-5-26/h10-11,15-22,27-28,30-32H,2-9,12-13H2,1H3/b23-10+,24-11-/t15-,16+,17+,18-,19-,20+,21-,22+/m0/s1. The number of hydrazone groups is 2. The monoisotopic (exact) mass is 550 g/mol. The Kier molecular flexibility index (Phi) is 12.5. The van der Waals surface area contributed by atoms with Gasteiger partial charge in [0.2, 0.25) is 0 Å². The van der Waals surface area contributed by atoms with Crippen LogP contribution < -0.4 is 0 Å². The smallest absolute Gasteiger partial charge is 0.303 e. The normalized spacial score (nSPS) is 31.5. The van der Waals surface area contributed by atoms with Crippen LogP contribution in [0.3, 0.4) is 0 Å². The van der Waals surface area contributed by atoms with Gasteiger partial charge in [0.05, 0.1) is 78.2 Å². The average Bonchev–Trinajstić information content (AvgIpc) is 2.93. The Morgan fingerprint density at radius 3 is 2.11 bits per heavy atom. The highest BCUT2D eigenvalue weighted by Crippen LogP contribution is 2.26. The van der Waals surface area contributed by atoms with Crippen molar-refractivity contribution in [2.24, 2.45) is 10.2 Å². The first-order valence-corrected chi connectivity index (χ1v) is 12.5. The first-order valence-electron chi connectivity index (χ1n) is 12.5. The van der Waals surface area contributed by atoms with Crippen molar-refractivity contribution in [3.63, 3.8) is 0 Å². The molecule has 3 heterocycles. The fourth-order valence-electron chi connectivity index (χ4n) is 3.96. The Labute approximate surface area is 219 Å². The number of nitrogens with zero attached hydrogens (tertiary/aromatic N) is 4. The predicted octanol–water partition coefficient (Wildman–Crippen LogP) is -3.93. The third-order valence-electron chi connectivity index (χ3n) is 5.99. The van der Waals surface area contributed by atoms with Crippen molar-refractivity contribution >= 4 is 18.4 Å². The molecule has 16 nitrogen and oxygen atoms in total. The molecule has 0 spiro atoms. The third kappa shape index (κ3) is 9.04. The predicted molar refractivity (Wildman–Crippen MR) is 128 cm³/mol. The zero-order chi connectivity index (χ0) is 27.5. The van der Waals surface area contributed by atoms with Crippen LogP contribution in [0.15, 0.2) is 10.2 Å². The topological polar surface area (TPSA) is 205 Å². The molecule has 0 bridgehead atoms. The number of rotatable bonds is 12. The maximum absolute atomic E-state index is 11.5. The van der Waals surface area contributed by atoms with Crippen molar-refractivity contribution in [1.29, 1.82) is 0 Å². The van der Waals surface area contributed by atoms with E-state index in [-0.39, 0.29) is 0 Å². The van der Waals surface area contributed by atoms with Crippen LogP contribution in [0.1, 0.15) is 6.92 Å². The molecule has 0 radical (unpaired) electrons. The summed E-state index contributed by atoms with van der Waals surface area (Å²) in [4.78, 5) is 11.5. The minimum absolute atomic E-state index is 0.462. The lowest BCUT2D eigenvalue weighted by atomic mass is 9.99. The van der Waals surface area contributed by atoms with Crippen molar-refractivity contribution in [2.75, 3.05) is 65.8 Å². The molecule has 38 heavy (non-hydrogen) atoms. The van der Waals surface area contributed by atoms with Gasteiger partial charge in [-0.05, 0) is 0 Å². The van der Waals surface area contributed by atoms with Crippen molar-refractivity contribution in [1.82, 2.24) is 10.0 Å². The van der Waals surface area contributed by atoms with Gasteiger partial charge in [-0.3, -0.25) is 14.8 Å². The quantitative estimate of drug-likeness (QED) is 0.0895. The Morgan fingerprint density at radius 2 is 1.58 bits per heavy atom. The maximum Gasteiger partial charge on any atom is 0.303 e. The van der Waals surface area contributed by atoms with E-state index in [0.717, 1.165) is 13.1 Å². The number of morpholine rings is 2. The molecule has 16 heteroatoms. The molecule has 3 aliphatic heterocycles. The van der Waals surface area contributed by atoms with Crippen LogP contribution in [-0.4, -0.2) is 169 Å². The van der Waals surface area contributed by atoms with E-state index in [0.29, 0.717) is 52.6 Å². The summed E-state index contributed by atoms with van der Waals surface area (Å²) in [5.41, 5.74) is 0. The summed E-state index contributed by atoms with van der Waals surface area (Å²) < 4.78 is 32.5. The Balaban J connectivity index is 1.75. The van der Waals surface area contributed by atoms with E-state index in [1.807, 2.05) is 0 Å². The molecular weight excluding hydrogens is 512 g/mol. The zero-order valence-electron chi connectivity index (χ0n) is 21.2. The average molecular weight is 551 g/mol. The molecule has 3 saturated heterocycles. The summed E-state index contributed by atoms with van der Waals surface area (Å²) in [7, 11) is 0. The minimum Gasteiger partial charge on any atom is -0.457 e. The summed E-state index contributed by atoms with van der Waals surface area (Å²) in [6, 6.07) is 0. The molecule has 3 aliphatic rings. The number of carbonyl (C=O) groups excluding carboxylic acids is 1.